The fourth-order valence-electron chi connectivity index (χ4n) is 2.63. The normalized spacial score (nSPS) is 11.0. The predicted octanol–water partition coefficient (Wildman–Crippen LogP) is 6.32. The highest BCUT2D eigenvalue weighted by molar-refractivity contribution is 6.47. The SMILES string of the molecule is Clc1nc(Cl)c2nc(-c3ccccc3)nc(-c3ccccc3)c2c1Cl. The number of nitrogens with zero attached hydrogens (tertiary/aromatic N) is 3. The van der Waals surface area contributed by atoms with E-state index in [0.717, 1.165) is 11.1 Å². The summed E-state index contributed by atoms with van der Waals surface area (Å²) in [7, 11) is 0. The highest BCUT2D eigenvalue weighted by Gasteiger charge is 2.19. The van der Waals surface area contributed by atoms with Gasteiger partial charge in [0.05, 0.1) is 16.1 Å². The Hall–Kier alpha value is -2.20. The summed E-state index contributed by atoms with van der Waals surface area (Å²) in [4.78, 5) is 13.4. The van der Waals surface area contributed by atoms with Crippen molar-refractivity contribution in [3.05, 3.63) is 76.0 Å². The summed E-state index contributed by atoms with van der Waals surface area (Å²) in [6.45, 7) is 0. The zero-order valence-corrected chi connectivity index (χ0v) is 15.0. The lowest BCUT2D eigenvalue weighted by Gasteiger charge is -2.12. The van der Waals surface area contributed by atoms with E-state index in [1.54, 1.807) is 0 Å². The smallest absolute Gasteiger partial charge is 0.160 e. The van der Waals surface area contributed by atoms with Crippen molar-refractivity contribution < 1.29 is 0 Å². The summed E-state index contributed by atoms with van der Waals surface area (Å²) in [5.74, 6) is 0.550. The molecule has 0 aliphatic carbocycles. The van der Waals surface area contributed by atoms with Gasteiger partial charge in [-0.25, -0.2) is 15.0 Å². The van der Waals surface area contributed by atoms with Crippen molar-refractivity contribution in [2.24, 2.45) is 0 Å². The fraction of sp³-hybridized carbons (Fsp3) is 0. The molecule has 0 atom stereocenters. The van der Waals surface area contributed by atoms with Crippen LogP contribution in [0.1, 0.15) is 0 Å². The zero-order valence-electron chi connectivity index (χ0n) is 12.7. The Balaban J connectivity index is 2.13. The molecule has 4 rings (SSSR count). The molecule has 0 spiro atoms. The molecule has 25 heavy (non-hydrogen) atoms. The van der Waals surface area contributed by atoms with Gasteiger partial charge in [-0.15, -0.1) is 0 Å². The van der Waals surface area contributed by atoms with Gasteiger partial charge in [0.2, 0.25) is 0 Å². The highest BCUT2D eigenvalue weighted by Crippen LogP contribution is 2.38. The van der Waals surface area contributed by atoms with Gasteiger partial charge in [0.1, 0.15) is 10.7 Å². The summed E-state index contributed by atoms with van der Waals surface area (Å²) < 4.78 is 0. The number of halogens is 3. The van der Waals surface area contributed by atoms with Gasteiger partial charge in [-0.1, -0.05) is 95.5 Å². The molecular weight excluding hydrogens is 377 g/mol. The molecule has 3 nitrogen and oxygen atoms in total. The molecule has 0 bridgehead atoms. The molecule has 0 amide bonds. The molecule has 0 fully saturated rings. The van der Waals surface area contributed by atoms with E-state index in [2.05, 4.69) is 9.97 Å². The van der Waals surface area contributed by atoms with Crippen LogP contribution < -0.4 is 0 Å². The van der Waals surface area contributed by atoms with E-state index in [4.69, 9.17) is 39.8 Å². The molecule has 6 heteroatoms. The lowest BCUT2D eigenvalue weighted by atomic mass is 10.1. The molecule has 0 N–H and O–H groups in total. The fourth-order valence-corrected chi connectivity index (χ4v) is 3.30. The summed E-state index contributed by atoms with van der Waals surface area (Å²) in [6.07, 6.45) is 0. The first-order valence-electron chi connectivity index (χ1n) is 7.48. The van der Waals surface area contributed by atoms with E-state index >= 15 is 0 Å². The number of fused-ring (bicyclic) bond motifs is 1. The van der Waals surface area contributed by atoms with Crippen LogP contribution in [0.4, 0.5) is 0 Å². The molecule has 2 heterocycles. The lowest BCUT2D eigenvalue weighted by Crippen LogP contribution is -1.98. The molecule has 2 aromatic carbocycles. The third-order valence-corrected chi connectivity index (χ3v) is 4.78. The Bertz CT molecular complexity index is 1070. The van der Waals surface area contributed by atoms with E-state index in [1.165, 1.54) is 0 Å². The molecule has 0 radical (unpaired) electrons. The Morgan fingerprint density at radius 1 is 0.600 bits per heavy atom. The molecule has 4 aromatic rings. The first kappa shape index (κ1) is 16.3. The summed E-state index contributed by atoms with van der Waals surface area (Å²) in [5, 5.41) is 1.21. The molecule has 0 saturated carbocycles. The average molecular weight is 387 g/mol. The third-order valence-electron chi connectivity index (χ3n) is 3.78. The molecule has 0 aliphatic rings. The Kier molecular flexibility index (Phi) is 4.30. The minimum Gasteiger partial charge on any atom is -0.227 e. The monoisotopic (exact) mass is 385 g/mol. The second-order valence-corrected chi connectivity index (χ2v) is 6.45. The molecule has 0 unspecified atom stereocenters. The minimum atomic E-state index is 0.132. The maximum atomic E-state index is 6.42. The molecule has 2 aromatic heterocycles. The van der Waals surface area contributed by atoms with Gasteiger partial charge in [-0.05, 0) is 0 Å². The van der Waals surface area contributed by atoms with Crippen LogP contribution in [0.5, 0.6) is 0 Å². The second kappa shape index (κ2) is 6.60. The van der Waals surface area contributed by atoms with Gasteiger partial charge < -0.3 is 0 Å². The van der Waals surface area contributed by atoms with E-state index in [0.29, 0.717) is 27.4 Å². The minimum absolute atomic E-state index is 0.132. The van der Waals surface area contributed by atoms with Crippen LogP contribution >= 0.6 is 34.8 Å². The van der Waals surface area contributed by atoms with Gasteiger partial charge in [0.15, 0.2) is 11.0 Å². The van der Waals surface area contributed by atoms with E-state index in [1.807, 2.05) is 60.7 Å². The van der Waals surface area contributed by atoms with Crippen LogP contribution in [0.25, 0.3) is 33.5 Å². The van der Waals surface area contributed by atoms with Gasteiger partial charge in [-0.3, -0.25) is 0 Å². The van der Waals surface area contributed by atoms with Crippen molar-refractivity contribution in [2.45, 2.75) is 0 Å². The van der Waals surface area contributed by atoms with Crippen molar-refractivity contribution in [1.82, 2.24) is 15.0 Å². The number of aromatic nitrogens is 3. The molecule has 0 aliphatic heterocycles. The van der Waals surface area contributed by atoms with Crippen molar-refractivity contribution in [2.75, 3.05) is 0 Å². The second-order valence-electron chi connectivity index (χ2n) is 5.36. The molecular formula is C19H10Cl3N3. The molecule has 122 valence electrons. The quantitative estimate of drug-likeness (QED) is 0.378. The number of hydrogen-bond acceptors (Lipinski definition) is 3. The van der Waals surface area contributed by atoms with Crippen LogP contribution in [0.3, 0.4) is 0 Å². The Morgan fingerprint density at radius 2 is 1.20 bits per heavy atom. The Labute approximate surface area is 159 Å². The summed E-state index contributed by atoms with van der Waals surface area (Å²) in [5.41, 5.74) is 2.92. The van der Waals surface area contributed by atoms with Gasteiger partial charge in [-0.2, -0.15) is 0 Å². The van der Waals surface area contributed by atoms with E-state index < -0.39 is 0 Å². The standard InChI is InChI=1S/C19H10Cl3N3/c20-14-13-15(11-7-3-1-4-8-11)23-19(12-9-5-2-6-10-12)24-16(13)18(22)25-17(14)21/h1-10H. The van der Waals surface area contributed by atoms with E-state index in [9.17, 15) is 0 Å². The maximum absolute atomic E-state index is 6.42. The van der Waals surface area contributed by atoms with Gasteiger partial charge in [0, 0.05) is 11.1 Å². The first-order chi connectivity index (χ1) is 12.1. The van der Waals surface area contributed by atoms with E-state index in [-0.39, 0.29) is 10.3 Å². The third kappa shape index (κ3) is 2.95. The average Bonchev–Trinajstić information content (AvgIpc) is 2.66. The highest BCUT2D eigenvalue weighted by atomic mass is 35.5. The predicted molar refractivity (Wildman–Crippen MR) is 103 cm³/mol. The van der Waals surface area contributed by atoms with Gasteiger partial charge in [0.25, 0.3) is 0 Å². The van der Waals surface area contributed by atoms with Crippen LogP contribution in [-0.2, 0) is 0 Å². The summed E-state index contributed by atoms with van der Waals surface area (Å²) >= 11 is 18.9. The van der Waals surface area contributed by atoms with Crippen molar-refractivity contribution in [3.63, 3.8) is 0 Å². The van der Waals surface area contributed by atoms with Crippen LogP contribution in [0.2, 0.25) is 15.3 Å². The number of benzene rings is 2. The first-order valence-corrected chi connectivity index (χ1v) is 8.61. The Morgan fingerprint density at radius 3 is 1.84 bits per heavy atom. The van der Waals surface area contributed by atoms with Crippen LogP contribution in [-0.4, -0.2) is 15.0 Å². The molecule has 0 saturated heterocycles. The maximum Gasteiger partial charge on any atom is 0.160 e. The largest absolute Gasteiger partial charge is 0.227 e. The van der Waals surface area contributed by atoms with Crippen molar-refractivity contribution in [1.29, 1.82) is 0 Å². The lowest BCUT2D eigenvalue weighted by molar-refractivity contribution is 1.21. The number of pyridine rings is 1. The topological polar surface area (TPSA) is 38.7 Å². The zero-order chi connectivity index (χ0) is 17.4. The number of hydrogen-bond donors (Lipinski definition) is 0. The van der Waals surface area contributed by atoms with Crippen LogP contribution in [0, 0.1) is 0 Å². The number of rotatable bonds is 2. The van der Waals surface area contributed by atoms with Gasteiger partial charge >= 0.3 is 0 Å². The van der Waals surface area contributed by atoms with Crippen molar-refractivity contribution >= 4 is 45.7 Å². The van der Waals surface area contributed by atoms with Crippen LogP contribution in [0.15, 0.2) is 60.7 Å². The van der Waals surface area contributed by atoms with Crippen molar-refractivity contribution in [3.8, 4) is 22.6 Å². The summed E-state index contributed by atoms with van der Waals surface area (Å²) in [6, 6.07) is 19.4.